The van der Waals surface area contributed by atoms with Crippen LogP contribution in [0.1, 0.15) is 54.8 Å². The number of aromatic nitrogens is 2. The highest BCUT2D eigenvalue weighted by atomic mass is 16.5. The van der Waals surface area contributed by atoms with Crippen LogP contribution in [0.15, 0.2) is 66.7 Å². The van der Waals surface area contributed by atoms with Gasteiger partial charge in [-0.1, -0.05) is 44.2 Å². The lowest BCUT2D eigenvalue weighted by Gasteiger charge is -2.23. The molecule has 5 N–H and O–H groups in total. The number of phenols is 1. The van der Waals surface area contributed by atoms with E-state index in [2.05, 4.69) is 64.8 Å². The average molecular weight is 551 g/mol. The van der Waals surface area contributed by atoms with E-state index in [0.29, 0.717) is 24.4 Å². The number of aromatic amines is 2. The number of phenolic OH excluding ortho intramolecular Hbond substituents is 1. The minimum absolute atomic E-state index is 0.352. The number of nitrogens with one attached hydrogen (secondary N) is 4. The number of hydrogen-bond donors (Lipinski definition) is 5. The Bertz CT molecular complexity index is 1600. The van der Waals surface area contributed by atoms with E-state index in [1.807, 2.05) is 30.3 Å². The Balaban J connectivity index is 0.000000156. The number of rotatable bonds is 7. The molecule has 0 spiro atoms. The molecule has 2 atom stereocenters. The molecule has 5 aromatic rings. The van der Waals surface area contributed by atoms with E-state index in [1.165, 1.54) is 57.2 Å². The molecule has 3 aromatic carbocycles. The van der Waals surface area contributed by atoms with Crippen molar-refractivity contribution < 1.29 is 9.84 Å². The molecule has 7 rings (SSSR count). The van der Waals surface area contributed by atoms with Gasteiger partial charge in [0.25, 0.3) is 0 Å². The number of likely N-dealkylation sites (N-methyl/N-ethyl adjacent to an activating group) is 2. The molecule has 2 aromatic heterocycles. The summed E-state index contributed by atoms with van der Waals surface area (Å²) in [7, 11) is 0. The lowest BCUT2D eigenvalue weighted by atomic mass is 9.91. The van der Waals surface area contributed by atoms with Gasteiger partial charge in [-0.3, -0.25) is 0 Å². The van der Waals surface area contributed by atoms with Gasteiger partial charge >= 0.3 is 0 Å². The highest BCUT2D eigenvalue weighted by molar-refractivity contribution is 5.87. The Hall–Kier alpha value is -3.74. The van der Waals surface area contributed by atoms with Crippen LogP contribution < -0.4 is 15.4 Å². The van der Waals surface area contributed by atoms with Crippen LogP contribution in [0.5, 0.6) is 11.5 Å². The first kappa shape index (κ1) is 27.4. The first-order valence-electron chi connectivity index (χ1n) is 15.2. The second-order valence-electron chi connectivity index (χ2n) is 11.4. The van der Waals surface area contributed by atoms with Gasteiger partial charge in [-0.25, -0.2) is 0 Å². The van der Waals surface area contributed by atoms with E-state index in [0.717, 1.165) is 50.0 Å². The van der Waals surface area contributed by atoms with Crippen molar-refractivity contribution in [1.29, 1.82) is 0 Å². The van der Waals surface area contributed by atoms with Gasteiger partial charge in [0, 0.05) is 45.3 Å². The molecule has 0 aliphatic heterocycles. The zero-order valence-corrected chi connectivity index (χ0v) is 24.2. The molecule has 214 valence electrons. The van der Waals surface area contributed by atoms with Crippen LogP contribution in [0, 0.1) is 0 Å². The van der Waals surface area contributed by atoms with Crippen molar-refractivity contribution in [2.45, 2.75) is 71.1 Å². The summed E-state index contributed by atoms with van der Waals surface area (Å²) in [5.74, 6) is 1.30. The predicted octanol–water partition coefficient (Wildman–Crippen LogP) is 6.55. The van der Waals surface area contributed by atoms with Crippen molar-refractivity contribution >= 4 is 21.8 Å². The topological polar surface area (TPSA) is 85.1 Å². The Morgan fingerprint density at radius 1 is 0.756 bits per heavy atom. The smallest absolute Gasteiger partial charge is 0.120 e. The molecule has 0 fully saturated rings. The normalized spacial score (nSPS) is 18.0. The van der Waals surface area contributed by atoms with Crippen LogP contribution in [0.25, 0.3) is 21.8 Å². The summed E-state index contributed by atoms with van der Waals surface area (Å²) >= 11 is 0. The molecular weight excluding hydrogens is 508 g/mol. The quantitative estimate of drug-likeness (QED) is 0.159. The number of H-pyrrole nitrogens is 2. The van der Waals surface area contributed by atoms with Crippen LogP contribution in [0.2, 0.25) is 0 Å². The summed E-state index contributed by atoms with van der Waals surface area (Å²) < 4.78 is 6.01. The van der Waals surface area contributed by atoms with Gasteiger partial charge in [-0.15, -0.1) is 0 Å². The Morgan fingerprint density at radius 3 is 1.95 bits per heavy atom. The van der Waals surface area contributed by atoms with Gasteiger partial charge in [0.2, 0.25) is 0 Å². The Kier molecular flexibility index (Phi) is 8.31. The number of benzene rings is 3. The van der Waals surface area contributed by atoms with E-state index in [4.69, 9.17) is 4.74 Å². The summed E-state index contributed by atoms with van der Waals surface area (Å²) in [6.45, 7) is 7.00. The average Bonchev–Trinajstić information content (AvgIpc) is 3.54. The number of aryl methyl sites for hydroxylation is 2. The Morgan fingerprint density at radius 2 is 1.34 bits per heavy atom. The van der Waals surface area contributed by atoms with Crippen molar-refractivity contribution in [3.05, 3.63) is 94.8 Å². The molecule has 2 aliphatic rings. The van der Waals surface area contributed by atoms with E-state index >= 15 is 0 Å². The van der Waals surface area contributed by atoms with Gasteiger partial charge in [0.05, 0.1) is 0 Å². The fraction of sp³-hybridized carbons (Fsp3) is 0.371. The van der Waals surface area contributed by atoms with Gasteiger partial charge in [0.15, 0.2) is 0 Å². The zero-order chi connectivity index (χ0) is 28.2. The molecule has 2 unspecified atom stereocenters. The molecule has 6 heteroatoms. The summed E-state index contributed by atoms with van der Waals surface area (Å²) in [5, 5.41) is 19.2. The standard InChI is InChI=1S/C21H24N2O.C14H18N2O/c1-2-22-16-8-10-20-18(12-16)19-13-17(9-11-21(19)23-20)24-14-15-6-4-3-5-7-15;1-2-15-9-3-5-13-11(7-9)12-8-10(17)4-6-14(12)16-13/h3-7,9,11,13,16,22-23H,2,8,10,12,14H2,1H3;4,6,8-9,15-17H,2-3,5,7H2,1H3. The number of fused-ring (bicyclic) bond motifs is 6. The predicted molar refractivity (Wildman–Crippen MR) is 168 cm³/mol. The van der Waals surface area contributed by atoms with Crippen molar-refractivity contribution in [1.82, 2.24) is 20.6 Å². The molecular formula is C35H42N4O2. The van der Waals surface area contributed by atoms with E-state index < -0.39 is 0 Å². The summed E-state index contributed by atoms with van der Waals surface area (Å²) in [6, 6.07) is 23.5. The van der Waals surface area contributed by atoms with Gasteiger partial charge in [-0.05, 0) is 105 Å². The maximum absolute atomic E-state index is 9.59. The molecule has 0 bridgehead atoms. The first-order chi connectivity index (χ1) is 20.1. The van der Waals surface area contributed by atoms with Crippen LogP contribution in [-0.2, 0) is 32.3 Å². The molecule has 41 heavy (non-hydrogen) atoms. The van der Waals surface area contributed by atoms with Gasteiger partial charge < -0.3 is 30.4 Å². The monoisotopic (exact) mass is 550 g/mol. The van der Waals surface area contributed by atoms with Crippen molar-refractivity contribution in [3.63, 3.8) is 0 Å². The molecule has 0 radical (unpaired) electrons. The number of aromatic hydroxyl groups is 1. The molecule has 2 aliphatic carbocycles. The minimum atomic E-state index is 0.352. The highest BCUT2D eigenvalue weighted by Crippen LogP contribution is 2.33. The molecule has 0 amide bonds. The number of hydrogen-bond acceptors (Lipinski definition) is 4. The summed E-state index contributed by atoms with van der Waals surface area (Å²) in [6.07, 6.45) is 6.80. The fourth-order valence-corrected chi connectivity index (χ4v) is 6.56. The Labute approximate surface area is 242 Å². The van der Waals surface area contributed by atoms with E-state index in [1.54, 1.807) is 6.07 Å². The first-order valence-corrected chi connectivity index (χ1v) is 15.2. The van der Waals surface area contributed by atoms with Crippen LogP contribution in [-0.4, -0.2) is 40.2 Å². The van der Waals surface area contributed by atoms with Gasteiger partial charge in [0.1, 0.15) is 18.1 Å². The van der Waals surface area contributed by atoms with E-state index in [9.17, 15) is 5.11 Å². The molecule has 2 heterocycles. The van der Waals surface area contributed by atoms with Gasteiger partial charge in [-0.2, -0.15) is 0 Å². The minimum Gasteiger partial charge on any atom is -0.508 e. The highest BCUT2D eigenvalue weighted by Gasteiger charge is 2.23. The van der Waals surface area contributed by atoms with Crippen molar-refractivity contribution in [2.24, 2.45) is 0 Å². The van der Waals surface area contributed by atoms with Crippen LogP contribution >= 0.6 is 0 Å². The van der Waals surface area contributed by atoms with Crippen LogP contribution in [0.3, 0.4) is 0 Å². The van der Waals surface area contributed by atoms with E-state index in [-0.39, 0.29) is 0 Å². The van der Waals surface area contributed by atoms with Crippen LogP contribution in [0.4, 0.5) is 0 Å². The third kappa shape index (κ3) is 6.14. The second-order valence-corrected chi connectivity index (χ2v) is 11.4. The number of ether oxygens (including phenoxy) is 1. The third-order valence-corrected chi connectivity index (χ3v) is 8.56. The maximum Gasteiger partial charge on any atom is 0.120 e. The molecule has 6 nitrogen and oxygen atoms in total. The lowest BCUT2D eigenvalue weighted by molar-refractivity contribution is 0.306. The largest absolute Gasteiger partial charge is 0.508 e. The zero-order valence-electron chi connectivity index (χ0n) is 24.2. The fourth-order valence-electron chi connectivity index (χ4n) is 6.56. The molecule has 0 saturated heterocycles. The van der Waals surface area contributed by atoms with Crippen molar-refractivity contribution in [2.75, 3.05) is 13.1 Å². The molecule has 0 saturated carbocycles. The maximum atomic E-state index is 9.59. The summed E-state index contributed by atoms with van der Waals surface area (Å²) in [4.78, 5) is 7.06. The van der Waals surface area contributed by atoms with Crippen molar-refractivity contribution in [3.8, 4) is 11.5 Å². The SMILES string of the molecule is CCNC1CCc2[nH]c3ccc(O)cc3c2C1.CCNC1CCc2[nH]c3ccc(OCc4ccccc4)cc3c2C1. The summed E-state index contributed by atoms with van der Waals surface area (Å²) in [5.41, 5.74) is 9.16. The third-order valence-electron chi connectivity index (χ3n) is 8.56. The lowest BCUT2D eigenvalue weighted by Crippen LogP contribution is -2.34. The second kappa shape index (κ2) is 12.4.